The van der Waals surface area contributed by atoms with Crippen LogP contribution in [0.15, 0.2) is 84.0 Å². The molecule has 0 radical (unpaired) electrons. The van der Waals surface area contributed by atoms with E-state index in [-0.39, 0.29) is 23.7 Å². The summed E-state index contributed by atoms with van der Waals surface area (Å²) < 4.78 is 0. The number of carbonyl (C=O) groups is 2. The van der Waals surface area contributed by atoms with E-state index in [1.807, 2.05) is 43.5 Å². The van der Waals surface area contributed by atoms with Crippen molar-refractivity contribution in [2.45, 2.75) is 57.4 Å². The third-order valence-electron chi connectivity index (χ3n) is 9.02. The number of aliphatic imine (C=N–C) groups is 1. The third-order valence-corrected chi connectivity index (χ3v) is 9.02. The second-order valence-electron chi connectivity index (χ2n) is 11.6. The van der Waals surface area contributed by atoms with Gasteiger partial charge in [-0.1, -0.05) is 61.5 Å². The zero-order valence-corrected chi connectivity index (χ0v) is 23.6. The number of anilines is 1. The highest BCUT2D eigenvalue weighted by Crippen LogP contribution is 2.36. The number of nitrogens with one attached hydrogen (secondary N) is 3. The number of aromatic nitrogens is 1. The molecule has 3 N–H and O–H groups in total. The van der Waals surface area contributed by atoms with Crippen molar-refractivity contribution in [1.29, 1.82) is 0 Å². The van der Waals surface area contributed by atoms with Crippen molar-refractivity contribution in [3.8, 4) is 0 Å². The summed E-state index contributed by atoms with van der Waals surface area (Å²) in [6.45, 7) is 3.82. The highest BCUT2D eigenvalue weighted by Gasteiger charge is 2.30. The fourth-order valence-corrected chi connectivity index (χ4v) is 6.53. The van der Waals surface area contributed by atoms with Gasteiger partial charge in [0.1, 0.15) is 0 Å². The van der Waals surface area contributed by atoms with Gasteiger partial charge < -0.3 is 15.6 Å². The minimum absolute atomic E-state index is 0.0912. The SMILES string of the molecule is C[C@@H](c1c[nH]c2ccccc12)C(C=NC(=O)C1CCC(c2ccccc2)CC1)C(=O)Nc1ccc2c(c1)CNCC2. The molecule has 6 rings (SSSR count). The van der Waals surface area contributed by atoms with Crippen LogP contribution < -0.4 is 10.6 Å². The number of amides is 2. The number of fused-ring (bicyclic) bond motifs is 2. The molecule has 41 heavy (non-hydrogen) atoms. The first-order chi connectivity index (χ1) is 20.1. The molecule has 1 unspecified atom stereocenters. The van der Waals surface area contributed by atoms with Crippen LogP contribution in [0.4, 0.5) is 5.69 Å². The average molecular weight is 547 g/mol. The normalized spacial score (nSPS) is 20.4. The van der Waals surface area contributed by atoms with Gasteiger partial charge in [0.05, 0.1) is 5.92 Å². The van der Waals surface area contributed by atoms with Gasteiger partial charge in [-0.2, -0.15) is 0 Å². The number of carbonyl (C=O) groups excluding carboxylic acids is 2. The van der Waals surface area contributed by atoms with E-state index in [2.05, 4.69) is 63.1 Å². The van der Waals surface area contributed by atoms with Crippen LogP contribution in [0.5, 0.6) is 0 Å². The minimum Gasteiger partial charge on any atom is -0.361 e. The molecule has 6 heteroatoms. The van der Waals surface area contributed by atoms with Crippen molar-refractivity contribution in [2.75, 3.05) is 11.9 Å². The van der Waals surface area contributed by atoms with Gasteiger partial charge in [-0.3, -0.25) is 9.59 Å². The lowest BCUT2D eigenvalue weighted by Crippen LogP contribution is -2.30. The number of benzene rings is 3. The molecule has 2 heterocycles. The molecule has 1 aliphatic heterocycles. The number of H-pyrrole nitrogens is 1. The Hall–Kier alpha value is -4.03. The molecule has 2 amide bonds. The van der Waals surface area contributed by atoms with Gasteiger partial charge in [-0.15, -0.1) is 0 Å². The van der Waals surface area contributed by atoms with Crippen molar-refractivity contribution in [2.24, 2.45) is 16.8 Å². The summed E-state index contributed by atoms with van der Waals surface area (Å²) in [5, 5.41) is 7.61. The lowest BCUT2D eigenvalue weighted by atomic mass is 9.78. The van der Waals surface area contributed by atoms with E-state index in [0.717, 1.165) is 67.3 Å². The summed E-state index contributed by atoms with van der Waals surface area (Å²) in [7, 11) is 0. The second kappa shape index (κ2) is 12.2. The molecular weight excluding hydrogens is 508 g/mol. The van der Waals surface area contributed by atoms with Crippen LogP contribution in [0.2, 0.25) is 0 Å². The number of hydrogen-bond acceptors (Lipinski definition) is 3. The Morgan fingerprint density at radius 1 is 0.951 bits per heavy atom. The van der Waals surface area contributed by atoms with Gasteiger partial charge in [0.25, 0.3) is 0 Å². The average Bonchev–Trinajstić information content (AvgIpc) is 3.46. The number of hydrogen-bond donors (Lipinski definition) is 3. The number of para-hydroxylation sites is 1. The lowest BCUT2D eigenvalue weighted by molar-refractivity contribution is -0.122. The third kappa shape index (κ3) is 6.03. The van der Waals surface area contributed by atoms with E-state index in [4.69, 9.17) is 0 Å². The summed E-state index contributed by atoms with van der Waals surface area (Å²) in [6.07, 6.45) is 8.19. The first-order valence-electron chi connectivity index (χ1n) is 14.9. The van der Waals surface area contributed by atoms with Gasteiger partial charge in [0, 0.05) is 41.5 Å². The molecule has 1 aromatic heterocycles. The topological polar surface area (TPSA) is 86.3 Å². The Balaban J connectivity index is 1.20. The Labute approximate surface area is 241 Å². The molecular formula is C35H38N4O2. The molecule has 0 bridgehead atoms. The number of nitrogens with zero attached hydrogens (tertiary/aromatic N) is 1. The Morgan fingerprint density at radius 3 is 2.56 bits per heavy atom. The van der Waals surface area contributed by atoms with Crippen molar-refractivity contribution in [3.05, 3.63) is 101 Å². The smallest absolute Gasteiger partial charge is 0.248 e. The van der Waals surface area contributed by atoms with E-state index < -0.39 is 5.92 Å². The molecule has 210 valence electrons. The molecule has 1 fully saturated rings. The van der Waals surface area contributed by atoms with Gasteiger partial charge in [-0.25, -0.2) is 4.99 Å². The molecule has 2 aliphatic rings. The predicted molar refractivity (Wildman–Crippen MR) is 165 cm³/mol. The van der Waals surface area contributed by atoms with E-state index >= 15 is 0 Å². The van der Waals surface area contributed by atoms with Crippen molar-refractivity contribution in [3.63, 3.8) is 0 Å². The predicted octanol–water partition coefficient (Wildman–Crippen LogP) is 6.74. The van der Waals surface area contributed by atoms with Crippen LogP contribution in [0.3, 0.4) is 0 Å². The quantitative estimate of drug-likeness (QED) is 0.224. The maximum atomic E-state index is 13.8. The molecule has 4 aromatic rings. The molecule has 0 saturated heterocycles. The van der Waals surface area contributed by atoms with Crippen LogP contribution in [0.1, 0.15) is 66.7 Å². The molecule has 1 aliphatic carbocycles. The van der Waals surface area contributed by atoms with E-state index in [9.17, 15) is 9.59 Å². The van der Waals surface area contributed by atoms with Crippen LogP contribution in [0.25, 0.3) is 10.9 Å². The van der Waals surface area contributed by atoms with Crippen LogP contribution in [-0.2, 0) is 22.6 Å². The second-order valence-corrected chi connectivity index (χ2v) is 11.6. The summed E-state index contributed by atoms with van der Waals surface area (Å²) in [4.78, 5) is 34.8. The number of aromatic amines is 1. The Bertz CT molecular complexity index is 1550. The van der Waals surface area contributed by atoms with Gasteiger partial charge >= 0.3 is 0 Å². The summed E-state index contributed by atoms with van der Waals surface area (Å²) in [5.41, 5.74) is 6.72. The molecule has 3 aromatic carbocycles. The molecule has 0 spiro atoms. The monoisotopic (exact) mass is 546 g/mol. The minimum atomic E-state index is -0.604. The van der Waals surface area contributed by atoms with E-state index in [1.165, 1.54) is 16.7 Å². The van der Waals surface area contributed by atoms with Crippen molar-refractivity contribution < 1.29 is 9.59 Å². The first kappa shape index (κ1) is 27.2. The Kier molecular flexibility index (Phi) is 8.10. The fraction of sp³-hybridized carbons (Fsp3) is 0.343. The number of rotatable bonds is 7. The van der Waals surface area contributed by atoms with Crippen LogP contribution in [0, 0.1) is 11.8 Å². The van der Waals surface area contributed by atoms with E-state index in [1.54, 1.807) is 6.21 Å². The molecule has 1 saturated carbocycles. The van der Waals surface area contributed by atoms with Crippen LogP contribution >= 0.6 is 0 Å². The zero-order chi connectivity index (χ0) is 28.2. The zero-order valence-electron chi connectivity index (χ0n) is 23.6. The van der Waals surface area contributed by atoms with E-state index in [0.29, 0.717) is 5.92 Å². The Morgan fingerprint density at radius 2 is 1.73 bits per heavy atom. The lowest BCUT2D eigenvalue weighted by Gasteiger charge is -2.27. The highest BCUT2D eigenvalue weighted by atomic mass is 16.2. The highest BCUT2D eigenvalue weighted by molar-refractivity contribution is 6.05. The molecule has 2 atom stereocenters. The summed E-state index contributed by atoms with van der Waals surface area (Å²) in [5.74, 6) is -0.650. The standard InChI is InChI=1S/C35H38N4O2/c1-23(31-21-37-33-10-6-5-9-30(31)33)32(35(41)39-29-16-15-26-17-18-36-20-28(26)19-29)22-38-34(40)27-13-11-25(12-14-27)24-7-3-2-4-8-24/h2-10,15-16,19,21-23,25,27,32,36-37H,11-14,17-18,20H2,1H3,(H,39,41)/t23-,25?,27?,32?/m0/s1. The maximum absolute atomic E-state index is 13.8. The maximum Gasteiger partial charge on any atom is 0.248 e. The fourth-order valence-electron chi connectivity index (χ4n) is 6.53. The van der Waals surface area contributed by atoms with Crippen LogP contribution in [-0.4, -0.2) is 29.6 Å². The van der Waals surface area contributed by atoms with Crippen molar-refractivity contribution >= 4 is 34.6 Å². The molecule has 6 nitrogen and oxygen atoms in total. The summed E-state index contributed by atoms with van der Waals surface area (Å²) in [6, 6.07) is 24.8. The summed E-state index contributed by atoms with van der Waals surface area (Å²) >= 11 is 0. The van der Waals surface area contributed by atoms with Gasteiger partial charge in [-0.05, 0) is 90.9 Å². The largest absolute Gasteiger partial charge is 0.361 e. The van der Waals surface area contributed by atoms with Gasteiger partial charge in [0.2, 0.25) is 11.8 Å². The van der Waals surface area contributed by atoms with Gasteiger partial charge in [0.15, 0.2) is 0 Å². The first-order valence-corrected chi connectivity index (χ1v) is 14.9. The van der Waals surface area contributed by atoms with Crippen molar-refractivity contribution in [1.82, 2.24) is 10.3 Å².